The number of ether oxygens (including phenoxy) is 1. The lowest BCUT2D eigenvalue weighted by atomic mass is 10.1. The fourth-order valence-electron chi connectivity index (χ4n) is 3.41. The van der Waals surface area contributed by atoms with E-state index in [1.54, 1.807) is 17.8 Å². The normalized spacial score (nSPS) is 11.8. The predicted octanol–water partition coefficient (Wildman–Crippen LogP) is 8.99. The zero-order chi connectivity index (χ0) is 23.2. The van der Waals surface area contributed by atoms with Crippen LogP contribution in [0.3, 0.4) is 0 Å². The summed E-state index contributed by atoms with van der Waals surface area (Å²) in [4.78, 5) is 13.6. The minimum atomic E-state index is 0.0207. The molecule has 0 heterocycles. The molecule has 0 amide bonds. The second-order valence-corrected chi connectivity index (χ2v) is 11.2. The minimum absolute atomic E-state index is 0.0207. The van der Waals surface area contributed by atoms with Crippen LogP contribution in [0.2, 0.25) is 0 Å². The summed E-state index contributed by atoms with van der Waals surface area (Å²) < 4.78 is 6.02. The van der Waals surface area contributed by atoms with Crippen LogP contribution in [0.1, 0.15) is 95.0 Å². The van der Waals surface area contributed by atoms with Crippen molar-refractivity contribution in [2.75, 3.05) is 6.61 Å². The Morgan fingerprint density at radius 2 is 1.44 bits per heavy atom. The van der Waals surface area contributed by atoms with E-state index in [4.69, 9.17) is 4.74 Å². The van der Waals surface area contributed by atoms with Crippen LogP contribution in [0.5, 0.6) is 5.75 Å². The predicted molar refractivity (Wildman–Crippen MR) is 140 cm³/mol. The van der Waals surface area contributed by atoms with Gasteiger partial charge < -0.3 is 4.74 Å². The lowest BCUT2D eigenvalue weighted by Crippen LogP contribution is -2.06. The van der Waals surface area contributed by atoms with Gasteiger partial charge in [-0.15, -0.1) is 11.8 Å². The van der Waals surface area contributed by atoms with Gasteiger partial charge in [-0.1, -0.05) is 90.8 Å². The van der Waals surface area contributed by atoms with Gasteiger partial charge >= 0.3 is 0 Å². The van der Waals surface area contributed by atoms with Gasteiger partial charge in [-0.25, -0.2) is 0 Å². The van der Waals surface area contributed by atoms with Crippen LogP contribution >= 0.6 is 11.8 Å². The molecule has 0 unspecified atom stereocenters. The summed E-state index contributed by atoms with van der Waals surface area (Å²) >= 11 is 1.80. The minimum Gasteiger partial charge on any atom is -0.494 e. The van der Waals surface area contributed by atoms with E-state index >= 15 is 0 Å². The van der Waals surface area contributed by atoms with Crippen molar-refractivity contribution in [1.82, 2.24) is 0 Å². The fourth-order valence-corrected chi connectivity index (χ4v) is 4.39. The molecule has 0 N–H and O–H groups in total. The topological polar surface area (TPSA) is 26.3 Å². The third kappa shape index (κ3) is 11.0. The number of benzene rings is 2. The number of ketones is 1. The molecular formula is C29H40O2S. The lowest BCUT2D eigenvalue weighted by molar-refractivity contribution is 0.104. The Hall–Kier alpha value is -2.00. The Balaban J connectivity index is 1.71. The van der Waals surface area contributed by atoms with E-state index in [0.717, 1.165) is 24.3 Å². The highest BCUT2D eigenvalue weighted by atomic mass is 32.2. The number of hydrogen-bond donors (Lipinski definition) is 0. The molecule has 0 spiro atoms. The van der Waals surface area contributed by atoms with Gasteiger partial charge in [0.15, 0.2) is 5.78 Å². The molecule has 0 saturated heterocycles. The summed E-state index contributed by atoms with van der Waals surface area (Å²) in [7, 11) is 0. The molecule has 0 saturated carbocycles. The van der Waals surface area contributed by atoms with E-state index < -0.39 is 0 Å². The molecule has 174 valence electrons. The van der Waals surface area contributed by atoms with Crippen molar-refractivity contribution in [2.45, 2.75) is 88.7 Å². The average molecular weight is 453 g/mol. The van der Waals surface area contributed by atoms with E-state index in [2.05, 4.69) is 27.7 Å². The van der Waals surface area contributed by atoms with Crippen LogP contribution in [0.25, 0.3) is 6.08 Å². The number of carbonyl (C=O) groups excluding carboxylic acids is 1. The number of hydrogen-bond acceptors (Lipinski definition) is 3. The molecule has 0 aliphatic carbocycles. The Kier molecular flexibility index (Phi) is 11.7. The Labute approximate surface area is 199 Å². The first kappa shape index (κ1) is 26.3. The molecule has 2 aromatic carbocycles. The first-order valence-electron chi connectivity index (χ1n) is 12.1. The molecule has 0 atom stereocenters. The maximum atomic E-state index is 12.5. The van der Waals surface area contributed by atoms with Crippen molar-refractivity contribution >= 4 is 23.6 Å². The summed E-state index contributed by atoms with van der Waals surface area (Å²) in [6.45, 7) is 9.59. The molecule has 2 aromatic rings. The molecule has 0 aliphatic heterocycles. The van der Waals surface area contributed by atoms with Crippen molar-refractivity contribution < 1.29 is 9.53 Å². The Morgan fingerprint density at radius 1 is 0.844 bits per heavy atom. The lowest BCUT2D eigenvalue weighted by Gasteiger charge is -2.17. The van der Waals surface area contributed by atoms with Gasteiger partial charge in [0.2, 0.25) is 0 Å². The average Bonchev–Trinajstić information content (AvgIpc) is 2.76. The molecule has 0 bridgehead atoms. The van der Waals surface area contributed by atoms with Crippen LogP contribution in [0.15, 0.2) is 59.5 Å². The quantitative estimate of drug-likeness (QED) is 0.124. The van der Waals surface area contributed by atoms with Gasteiger partial charge in [-0.2, -0.15) is 0 Å². The van der Waals surface area contributed by atoms with E-state index in [1.165, 1.54) is 49.8 Å². The maximum Gasteiger partial charge on any atom is 0.185 e. The molecule has 0 aliphatic rings. The van der Waals surface area contributed by atoms with Crippen molar-refractivity contribution in [1.29, 1.82) is 0 Å². The van der Waals surface area contributed by atoms with Crippen LogP contribution in [0, 0.1) is 0 Å². The molecule has 32 heavy (non-hydrogen) atoms. The highest BCUT2D eigenvalue weighted by Gasteiger charge is 2.12. The molecule has 2 nitrogen and oxygen atoms in total. The summed E-state index contributed by atoms with van der Waals surface area (Å²) in [6.07, 6.45) is 13.9. The third-order valence-electron chi connectivity index (χ3n) is 5.14. The molecule has 0 aromatic heterocycles. The van der Waals surface area contributed by atoms with Crippen molar-refractivity contribution in [3.63, 3.8) is 0 Å². The first-order chi connectivity index (χ1) is 15.4. The van der Waals surface area contributed by atoms with Crippen LogP contribution in [0.4, 0.5) is 0 Å². The largest absolute Gasteiger partial charge is 0.494 e. The van der Waals surface area contributed by atoms with Gasteiger partial charge in [0, 0.05) is 15.2 Å². The highest BCUT2D eigenvalue weighted by molar-refractivity contribution is 8.00. The van der Waals surface area contributed by atoms with E-state index in [-0.39, 0.29) is 10.5 Å². The molecule has 2 rings (SSSR count). The fraction of sp³-hybridized carbons (Fsp3) is 0.483. The standard InChI is InChI=1S/C29H40O2S/c1-5-6-7-8-9-10-11-12-23-31-26-18-13-24(14-19-26)15-22-28(30)25-16-20-27(21-17-25)32-29(2,3)4/h13-22H,5-12,23H2,1-4H3. The van der Waals surface area contributed by atoms with Gasteiger partial charge in [-0.3, -0.25) is 4.79 Å². The first-order valence-corrected chi connectivity index (χ1v) is 12.9. The van der Waals surface area contributed by atoms with Crippen LogP contribution in [-0.4, -0.2) is 17.1 Å². The monoisotopic (exact) mass is 452 g/mol. The summed E-state index contributed by atoms with van der Waals surface area (Å²) in [5.41, 5.74) is 1.71. The highest BCUT2D eigenvalue weighted by Crippen LogP contribution is 2.31. The number of thioether (sulfide) groups is 1. The SMILES string of the molecule is CCCCCCCCCCOc1ccc(C=CC(=O)c2ccc(SC(C)(C)C)cc2)cc1. The van der Waals surface area contributed by atoms with Crippen molar-refractivity contribution in [3.05, 3.63) is 65.7 Å². The van der Waals surface area contributed by atoms with Crippen LogP contribution < -0.4 is 4.74 Å². The molecule has 0 fully saturated rings. The van der Waals surface area contributed by atoms with Gasteiger partial charge in [0.1, 0.15) is 5.75 Å². The van der Waals surface area contributed by atoms with Crippen molar-refractivity contribution in [2.24, 2.45) is 0 Å². The Morgan fingerprint density at radius 3 is 2.03 bits per heavy atom. The number of allylic oxidation sites excluding steroid dienone is 1. The molecular weight excluding hydrogens is 412 g/mol. The zero-order valence-corrected chi connectivity index (χ0v) is 21.2. The molecule has 3 heteroatoms. The van der Waals surface area contributed by atoms with E-state index in [1.807, 2.05) is 54.6 Å². The number of carbonyl (C=O) groups is 1. The number of rotatable bonds is 14. The summed E-state index contributed by atoms with van der Waals surface area (Å²) in [5.74, 6) is 0.913. The summed E-state index contributed by atoms with van der Waals surface area (Å²) in [6, 6.07) is 15.8. The van der Waals surface area contributed by atoms with E-state index in [0.29, 0.717) is 5.56 Å². The Bertz CT molecular complexity index is 814. The second kappa shape index (κ2) is 14.2. The second-order valence-electron chi connectivity index (χ2n) is 9.33. The molecule has 0 radical (unpaired) electrons. The van der Waals surface area contributed by atoms with Gasteiger partial charge in [0.25, 0.3) is 0 Å². The van der Waals surface area contributed by atoms with Crippen LogP contribution in [-0.2, 0) is 0 Å². The van der Waals surface area contributed by atoms with E-state index in [9.17, 15) is 4.79 Å². The third-order valence-corrected chi connectivity index (χ3v) is 6.26. The maximum absolute atomic E-state index is 12.5. The summed E-state index contributed by atoms with van der Waals surface area (Å²) in [5, 5.41) is 0. The van der Waals surface area contributed by atoms with Gasteiger partial charge in [-0.05, 0) is 54.5 Å². The smallest absolute Gasteiger partial charge is 0.185 e. The van der Waals surface area contributed by atoms with Crippen molar-refractivity contribution in [3.8, 4) is 5.75 Å². The number of unbranched alkanes of at least 4 members (excludes halogenated alkanes) is 7. The zero-order valence-electron chi connectivity index (χ0n) is 20.4. The van der Waals surface area contributed by atoms with Gasteiger partial charge in [0.05, 0.1) is 6.61 Å².